The fourth-order valence-electron chi connectivity index (χ4n) is 2.54. The van der Waals surface area contributed by atoms with Gasteiger partial charge >= 0.3 is 5.97 Å². The molecule has 2 rings (SSSR count). The Kier molecular flexibility index (Phi) is 9.10. The summed E-state index contributed by atoms with van der Waals surface area (Å²) in [6.45, 7) is 2.47. The third-order valence-electron chi connectivity index (χ3n) is 4.08. The molecule has 7 heteroatoms. The van der Waals surface area contributed by atoms with Gasteiger partial charge in [-0.05, 0) is 41.8 Å². The molecule has 0 fully saturated rings. The number of hydrogen-bond acceptors (Lipinski definition) is 6. The number of hydrogen-bond donors (Lipinski definition) is 1. The van der Waals surface area contributed by atoms with Crippen LogP contribution in [0.25, 0.3) is 6.08 Å². The first kappa shape index (κ1) is 22.7. The van der Waals surface area contributed by atoms with Gasteiger partial charge < -0.3 is 19.5 Å². The summed E-state index contributed by atoms with van der Waals surface area (Å²) in [5, 5.41) is 11.8. The van der Waals surface area contributed by atoms with Crippen LogP contribution in [0.5, 0.6) is 11.5 Å². The Morgan fingerprint density at radius 3 is 2.53 bits per heavy atom. The van der Waals surface area contributed by atoms with Gasteiger partial charge in [0.25, 0.3) is 5.91 Å². The van der Waals surface area contributed by atoms with Gasteiger partial charge in [-0.2, -0.15) is 5.26 Å². The van der Waals surface area contributed by atoms with Crippen LogP contribution in [-0.4, -0.2) is 38.7 Å². The van der Waals surface area contributed by atoms with E-state index in [1.807, 2.05) is 37.3 Å². The summed E-state index contributed by atoms with van der Waals surface area (Å²) in [5.41, 5.74) is 1.61. The van der Waals surface area contributed by atoms with Crippen LogP contribution in [0.1, 0.15) is 18.1 Å². The molecule has 2 aromatic rings. The molecule has 0 atom stereocenters. The van der Waals surface area contributed by atoms with Gasteiger partial charge in [-0.1, -0.05) is 37.3 Å². The molecule has 30 heavy (non-hydrogen) atoms. The van der Waals surface area contributed by atoms with Gasteiger partial charge in [0.05, 0.1) is 6.61 Å². The van der Waals surface area contributed by atoms with E-state index < -0.39 is 11.9 Å². The Labute approximate surface area is 175 Å². The number of para-hydroxylation sites is 1. The molecule has 1 amide bonds. The van der Waals surface area contributed by atoms with Gasteiger partial charge in [-0.3, -0.25) is 4.79 Å². The highest BCUT2D eigenvalue weighted by molar-refractivity contribution is 6.01. The zero-order chi connectivity index (χ0) is 21.8. The van der Waals surface area contributed by atoms with Gasteiger partial charge in [0, 0.05) is 13.7 Å². The predicted octanol–water partition coefficient (Wildman–Crippen LogP) is 2.90. The number of rotatable bonds is 10. The van der Waals surface area contributed by atoms with E-state index in [2.05, 4.69) is 5.32 Å². The lowest BCUT2D eigenvalue weighted by atomic mass is 10.1. The Morgan fingerprint density at radius 1 is 1.13 bits per heavy atom. The second-order valence-corrected chi connectivity index (χ2v) is 6.21. The van der Waals surface area contributed by atoms with Crippen LogP contribution in [-0.2, 0) is 20.7 Å². The van der Waals surface area contributed by atoms with Crippen LogP contribution in [0.15, 0.2) is 54.1 Å². The Morgan fingerprint density at radius 2 is 1.87 bits per heavy atom. The number of methoxy groups -OCH3 is 1. The predicted molar refractivity (Wildman–Crippen MR) is 112 cm³/mol. The number of aryl methyl sites for hydroxylation is 1. The molecule has 1 N–H and O–H groups in total. The fourth-order valence-corrected chi connectivity index (χ4v) is 2.54. The molecule has 0 unspecified atom stereocenters. The van der Waals surface area contributed by atoms with Crippen molar-refractivity contribution in [2.24, 2.45) is 0 Å². The van der Waals surface area contributed by atoms with E-state index in [9.17, 15) is 14.9 Å². The second-order valence-electron chi connectivity index (χ2n) is 6.21. The molecule has 0 aliphatic rings. The minimum Gasteiger partial charge on any atom is -0.482 e. The molecular weight excluding hydrogens is 384 g/mol. The largest absolute Gasteiger partial charge is 0.482 e. The molecule has 0 heterocycles. The maximum atomic E-state index is 12.0. The molecule has 0 saturated heterocycles. The number of benzene rings is 2. The first-order valence-corrected chi connectivity index (χ1v) is 9.47. The summed E-state index contributed by atoms with van der Waals surface area (Å²) in [6, 6.07) is 15.9. The van der Waals surface area contributed by atoms with Crippen LogP contribution in [0.4, 0.5) is 0 Å². The molecule has 0 aromatic heterocycles. The molecular formula is C23H24N2O5. The van der Waals surface area contributed by atoms with Crippen molar-refractivity contribution in [2.75, 3.05) is 26.9 Å². The SMILES string of the molecule is CCc1ccccc1OCC(=O)Oc1ccc(/C=C(\C#N)C(=O)NCCOC)cc1. The van der Waals surface area contributed by atoms with Crippen molar-refractivity contribution in [1.82, 2.24) is 5.32 Å². The van der Waals surface area contributed by atoms with Crippen LogP contribution in [0, 0.1) is 11.3 Å². The first-order valence-electron chi connectivity index (χ1n) is 9.47. The summed E-state index contributed by atoms with van der Waals surface area (Å²) < 4.78 is 15.7. The van der Waals surface area contributed by atoms with Gasteiger partial charge in [-0.25, -0.2) is 4.79 Å². The van der Waals surface area contributed by atoms with Crippen molar-refractivity contribution >= 4 is 18.0 Å². The fraction of sp³-hybridized carbons (Fsp3) is 0.261. The maximum absolute atomic E-state index is 12.0. The molecule has 0 radical (unpaired) electrons. The van der Waals surface area contributed by atoms with Crippen molar-refractivity contribution in [2.45, 2.75) is 13.3 Å². The molecule has 0 spiro atoms. The lowest BCUT2D eigenvalue weighted by molar-refractivity contribution is -0.136. The number of nitrogens with one attached hydrogen (secondary N) is 1. The standard InChI is InChI=1S/C23H24N2O5/c1-3-18-6-4-5-7-21(18)29-16-22(26)30-20-10-8-17(9-11-20)14-19(15-24)23(27)25-12-13-28-2/h4-11,14H,3,12-13,16H2,1-2H3,(H,25,27)/b19-14+. The van der Waals surface area contributed by atoms with Crippen molar-refractivity contribution in [3.05, 3.63) is 65.2 Å². The molecule has 0 bridgehead atoms. The van der Waals surface area contributed by atoms with Crippen LogP contribution in [0.3, 0.4) is 0 Å². The molecule has 0 aliphatic carbocycles. The van der Waals surface area contributed by atoms with Gasteiger partial charge in [0.2, 0.25) is 0 Å². The summed E-state index contributed by atoms with van der Waals surface area (Å²) in [6.07, 6.45) is 2.26. The Hall–Kier alpha value is -3.63. The number of nitriles is 1. The van der Waals surface area contributed by atoms with Crippen LogP contribution in [0.2, 0.25) is 0 Å². The normalized spacial score (nSPS) is 10.8. The van der Waals surface area contributed by atoms with Crippen LogP contribution < -0.4 is 14.8 Å². The summed E-state index contributed by atoms with van der Waals surface area (Å²) in [5.74, 6) is -0.00757. The van der Waals surface area contributed by atoms with Crippen LogP contribution >= 0.6 is 0 Å². The van der Waals surface area contributed by atoms with Gasteiger partial charge in [0.15, 0.2) is 6.61 Å². The second kappa shape index (κ2) is 12.0. The van der Waals surface area contributed by atoms with E-state index in [0.29, 0.717) is 30.2 Å². The van der Waals surface area contributed by atoms with E-state index in [-0.39, 0.29) is 12.2 Å². The van der Waals surface area contributed by atoms with Gasteiger partial charge in [-0.15, -0.1) is 0 Å². The highest BCUT2D eigenvalue weighted by atomic mass is 16.6. The molecule has 0 saturated carbocycles. The highest BCUT2D eigenvalue weighted by Gasteiger charge is 2.10. The number of ether oxygens (including phenoxy) is 3. The van der Waals surface area contributed by atoms with E-state index >= 15 is 0 Å². The molecule has 0 aliphatic heterocycles. The quantitative estimate of drug-likeness (QED) is 0.213. The number of carbonyl (C=O) groups is 2. The zero-order valence-electron chi connectivity index (χ0n) is 17.0. The zero-order valence-corrected chi connectivity index (χ0v) is 17.0. The third-order valence-corrected chi connectivity index (χ3v) is 4.08. The van der Waals surface area contributed by atoms with Crippen molar-refractivity contribution in [1.29, 1.82) is 5.26 Å². The lowest BCUT2D eigenvalue weighted by Gasteiger charge is -2.10. The van der Waals surface area contributed by atoms with Crippen molar-refractivity contribution in [3.63, 3.8) is 0 Å². The number of nitrogens with zero attached hydrogens (tertiary/aromatic N) is 1. The summed E-state index contributed by atoms with van der Waals surface area (Å²) in [4.78, 5) is 24.0. The van der Waals surface area contributed by atoms with Crippen molar-refractivity contribution < 1.29 is 23.8 Å². The van der Waals surface area contributed by atoms with E-state index in [1.165, 1.54) is 13.2 Å². The molecule has 7 nitrogen and oxygen atoms in total. The first-order chi connectivity index (χ1) is 14.6. The van der Waals surface area contributed by atoms with Crippen molar-refractivity contribution in [3.8, 4) is 17.6 Å². The smallest absolute Gasteiger partial charge is 0.349 e. The Balaban J connectivity index is 1.92. The monoisotopic (exact) mass is 408 g/mol. The van der Waals surface area contributed by atoms with E-state index in [1.54, 1.807) is 24.3 Å². The average Bonchev–Trinajstić information content (AvgIpc) is 2.77. The lowest BCUT2D eigenvalue weighted by Crippen LogP contribution is -2.27. The third kappa shape index (κ3) is 7.08. The number of carbonyl (C=O) groups excluding carboxylic acids is 2. The maximum Gasteiger partial charge on any atom is 0.349 e. The number of esters is 1. The average molecular weight is 408 g/mol. The Bertz CT molecular complexity index is 929. The molecule has 156 valence electrons. The summed E-state index contributed by atoms with van der Waals surface area (Å²) >= 11 is 0. The minimum absolute atomic E-state index is 0.0289. The topological polar surface area (TPSA) is 97.7 Å². The minimum atomic E-state index is -0.528. The highest BCUT2D eigenvalue weighted by Crippen LogP contribution is 2.19. The van der Waals surface area contributed by atoms with E-state index in [4.69, 9.17) is 14.2 Å². The molecule has 2 aromatic carbocycles. The van der Waals surface area contributed by atoms with Gasteiger partial charge in [0.1, 0.15) is 23.1 Å². The summed E-state index contributed by atoms with van der Waals surface area (Å²) in [7, 11) is 1.53. The van der Waals surface area contributed by atoms with E-state index in [0.717, 1.165) is 12.0 Å². The number of amides is 1.